The van der Waals surface area contributed by atoms with E-state index < -0.39 is 0 Å². The SMILES string of the molecule is COc1ccc2c(c1)CC(NC(=O)c1ccccc1)CC2. The lowest BCUT2D eigenvalue weighted by molar-refractivity contribution is 0.0933. The third kappa shape index (κ3) is 3.07. The van der Waals surface area contributed by atoms with Crippen molar-refractivity contribution in [2.24, 2.45) is 0 Å². The molecule has 1 aliphatic rings. The number of amides is 1. The Labute approximate surface area is 124 Å². The quantitative estimate of drug-likeness (QED) is 0.939. The average Bonchev–Trinajstić information content (AvgIpc) is 2.55. The normalized spacial score (nSPS) is 16.9. The monoisotopic (exact) mass is 281 g/mol. The molecule has 1 amide bonds. The molecule has 0 aliphatic heterocycles. The summed E-state index contributed by atoms with van der Waals surface area (Å²) in [4.78, 5) is 12.2. The van der Waals surface area contributed by atoms with Gasteiger partial charge in [0.05, 0.1) is 7.11 Å². The summed E-state index contributed by atoms with van der Waals surface area (Å²) < 4.78 is 5.28. The number of benzene rings is 2. The van der Waals surface area contributed by atoms with Gasteiger partial charge in [0, 0.05) is 11.6 Å². The van der Waals surface area contributed by atoms with Crippen LogP contribution < -0.4 is 10.1 Å². The molecule has 1 aliphatic carbocycles. The van der Waals surface area contributed by atoms with Gasteiger partial charge in [0.1, 0.15) is 5.75 Å². The first-order chi connectivity index (χ1) is 10.3. The summed E-state index contributed by atoms with van der Waals surface area (Å²) in [7, 11) is 1.68. The van der Waals surface area contributed by atoms with Crippen molar-refractivity contribution in [3.63, 3.8) is 0 Å². The molecule has 0 saturated heterocycles. The van der Waals surface area contributed by atoms with Crippen molar-refractivity contribution < 1.29 is 9.53 Å². The van der Waals surface area contributed by atoms with Gasteiger partial charge in [-0.25, -0.2) is 0 Å². The maximum Gasteiger partial charge on any atom is 0.251 e. The number of carbonyl (C=O) groups excluding carboxylic acids is 1. The molecule has 108 valence electrons. The van der Waals surface area contributed by atoms with E-state index in [4.69, 9.17) is 4.74 Å². The molecule has 0 saturated carbocycles. The Hall–Kier alpha value is -2.29. The van der Waals surface area contributed by atoms with Crippen LogP contribution in [-0.2, 0) is 12.8 Å². The lowest BCUT2D eigenvalue weighted by Crippen LogP contribution is -2.38. The van der Waals surface area contributed by atoms with Gasteiger partial charge in [-0.15, -0.1) is 0 Å². The molecule has 0 bridgehead atoms. The number of hydrogen-bond donors (Lipinski definition) is 1. The summed E-state index contributed by atoms with van der Waals surface area (Å²) in [5.74, 6) is 0.885. The van der Waals surface area contributed by atoms with Crippen LogP contribution in [0.3, 0.4) is 0 Å². The molecule has 0 spiro atoms. The highest BCUT2D eigenvalue weighted by atomic mass is 16.5. The number of carbonyl (C=O) groups is 1. The van der Waals surface area contributed by atoms with E-state index in [1.807, 2.05) is 36.4 Å². The van der Waals surface area contributed by atoms with Gasteiger partial charge in [-0.1, -0.05) is 24.3 Å². The summed E-state index contributed by atoms with van der Waals surface area (Å²) in [5.41, 5.74) is 3.36. The highest BCUT2D eigenvalue weighted by molar-refractivity contribution is 5.94. The fourth-order valence-corrected chi connectivity index (χ4v) is 2.84. The molecular weight excluding hydrogens is 262 g/mol. The van der Waals surface area contributed by atoms with Crippen LogP contribution in [0.5, 0.6) is 5.75 Å². The molecule has 3 rings (SSSR count). The first kappa shape index (κ1) is 13.7. The maximum atomic E-state index is 12.2. The first-order valence-corrected chi connectivity index (χ1v) is 7.28. The van der Waals surface area contributed by atoms with Crippen LogP contribution in [0.4, 0.5) is 0 Å². The molecule has 2 aromatic rings. The van der Waals surface area contributed by atoms with Gasteiger partial charge in [0.25, 0.3) is 5.91 Å². The lowest BCUT2D eigenvalue weighted by atomic mass is 9.88. The first-order valence-electron chi connectivity index (χ1n) is 7.28. The number of ether oxygens (including phenoxy) is 1. The molecular formula is C18H19NO2. The number of methoxy groups -OCH3 is 1. The molecule has 1 atom stereocenters. The van der Waals surface area contributed by atoms with E-state index in [0.717, 1.165) is 25.0 Å². The second-order valence-electron chi connectivity index (χ2n) is 5.41. The van der Waals surface area contributed by atoms with Gasteiger partial charge >= 0.3 is 0 Å². The molecule has 0 aromatic heterocycles. The second kappa shape index (κ2) is 6.00. The fraction of sp³-hybridized carbons (Fsp3) is 0.278. The summed E-state index contributed by atoms with van der Waals surface area (Å²) >= 11 is 0. The zero-order valence-electron chi connectivity index (χ0n) is 12.1. The second-order valence-corrected chi connectivity index (χ2v) is 5.41. The Morgan fingerprint density at radius 2 is 1.95 bits per heavy atom. The van der Waals surface area contributed by atoms with Gasteiger partial charge < -0.3 is 10.1 Å². The molecule has 1 N–H and O–H groups in total. The number of hydrogen-bond acceptors (Lipinski definition) is 2. The van der Waals surface area contributed by atoms with Crippen molar-refractivity contribution in [2.45, 2.75) is 25.3 Å². The largest absolute Gasteiger partial charge is 0.497 e. The summed E-state index contributed by atoms with van der Waals surface area (Å²) in [6, 6.07) is 15.8. The van der Waals surface area contributed by atoms with Crippen LogP contribution in [0.1, 0.15) is 27.9 Å². The highest BCUT2D eigenvalue weighted by Crippen LogP contribution is 2.25. The summed E-state index contributed by atoms with van der Waals surface area (Å²) in [6.07, 6.45) is 2.85. The maximum absolute atomic E-state index is 12.2. The predicted octanol–water partition coefficient (Wildman–Crippen LogP) is 2.98. The Balaban J connectivity index is 1.70. The number of rotatable bonds is 3. The molecule has 21 heavy (non-hydrogen) atoms. The Bertz CT molecular complexity index is 637. The predicted molar refractivity (Wildman–Crippen MR) is 82.7 cm³/mol. The molecule has 1 unspecified atom stereocenters. The molecule has 0 heterocycles. The van der Waals surface area contributed by atoms with Gasteiger partial charge in [0.2, 0.25) is 0 Å². The van der Waals surface area contributed by atoms with E-state index in [2.05, 4.69) is 17.4 Å². The minimum atomic E-state index is 0.00643. The zero-order chi connectivity index (χ0) is 14.7. The van der Waals surface area contributed by atoms with Gasteiger partial charge in [0.15, 0.2) is 0 Å². The van der Waals surface area contributed by atoms with Gasteiger partial charge in [-0.3, -0.25) is 4.79 Å². The van der Waals surface area contributed by atoms with Crippen LogP contribution in [-0.4, -0.2) is 19.1 Å². The van der Waals surface area contributed by atoms with Crippen molar-refractivity contribution in [3.05, 3.63) is 65.2 Å². The zero-order valence-corrected chi connectivity index (χ0v) is 12.1. The van der Waals surface area contributed by atoms with E-state index in [0.29, 0.717) is 5.56 Å². The average molecular weight is 281 g/mol. The van der Waals surface area contributed by atoms with Crippen LogP contribution >= 0.6 is 0 Å². The fourth-order valence-electron chi connectivity index (χ4n) is 2.84. The van der Waals surface area contributed by atoms with E-state index in [1.165, 1.54) is 11.1 Å². The van der Waals surface area contributed by atoms with Crippen LogP contribution in [0.25, 0.3) is 0 Å². The van der Waals surface area contributed by atoms with Crippen molar-refractivity contribution in [2.75, 3.05) is 7.11 Å². The topological polar surface area (TPSA) is 38.3 Å². The van der Waals surface area contributed by atoms with Crippen molar-refractivity contribution >= 4 is 5.91 Å². The van der Waals surface area contributed by atoms with E-state index >= 15 is 0 Å². The van der Waals surface area contributed by atoms with E-state index in [1.54, 1.807) is 7.11 Å². The molecule has 3 heteroatoms. The van der Waals surface area contributed by atoms with E-state index in [-0.39, 0.29) is 11.9 Å². The van der Waals surface area contributed by atoms with E-state index in [9.17, 15) is 4.79 Å². The van der Waals surface area contributed by atoms with Crippen LogP contribution in [0, 0.1) is 0 Å². The number of nitrogens with one attached hydrogen (secondary N) is 1. The van der Waals surface area contributed by atoms with Crippen molar-refractivity contribution in [1.82, 2.24) is 5.32 Å². The standard InChI is InChI=1S/C18H19NO2/c1-21-17-10-8-13-7-9-16(11-15(13)12-17)19-18(20)14-5-3-2-4-6-14/h2-6,8,10,12,16H,7,9,11H2,1H3,(H,19,20). The molecule has 0 radical (unpaired) electrons. The lowest BCUT2D eigenvalue weighted by Gasteiger charge is -2.26. The smallest absolute Gasteiger partial charge is 0.251 e. The Morgan fingerprint density at radius 3 is 2.71 bits per heavy atom. The Morgan fingerprint density at radius 1 is 1.14 bits per heavy atom. The molecule has 0 fully saturated rings. The highest BCUT2D eigenvalue weighted by Gasteiger charge is 2.21. The van der Waals surface area contributed by atoms with Gasteiger partial charge in [-0.05, 0) is 54.7 Å². The van der Waals surface area contributed by atoms with Crippen molar-refractivity contribution in [1.29, 1.82) is 0 Å². The number of fused-ring (bicyclic) bond motifs is 1. The third-order valence-electron chi connectivity index (χ3n) is 4.01. The molecule has 2 aromatic carbocycles. The van der Waals surface area contributed by atoms with Gasteiger partial charge in [-0.2, -0.15) is 0 Å². The van der Waals surface area contributed by atoms with Crippen LogP contribution in [0.2, 0.25) is 0 Å². The summed E-state index contributed by atoms with van der Waals surface area (Å²) in [5, 5.41) is 3.13. The summed E-state index contributed by atoms with van der Waals surface area (Å²) in [6.45, 7) is 0. The molecule has 3 nitrogen and oxygen atoms in total. The van der Waals surface area contributed by atoms with Crippen molar-refractivity contribution in [3.8, 4) is 5.75 Å². The minimum Gasteiger partial charge on any atom is -0.497 e. The number of aryl methyl sites for hydroxylation is 1. The van der Waals surface area contributed by atoms with Crippen LogP contribution in [0.15, 0.2) is 48.5 Å². The third-order valence-corrected chi connectivity index (χ3v) is 4.01. The minimum absolute atomic E-state index is 0.00643. The Kier molecular flexibility index (Phi) is 3.91.